The number of amides is 5. The van der Waals surface area contributed by atoms with Gasteiger partial charge < -0.3 is 15.7 Å². The Morgan fingerprint density at radius 1 is 1.08 bits per heavy atom. The van der Waals surface area contributed by atoms with Crippen molar-refractivity contribution in [3.8, 4) is 0 Å². The molecule has 0 aromatic heterocycles. The molecule has 3 rings (SSSR count). The number of carboxylic acid groups (broad SMARTS) is 1. The van der Waals surface area contributed by atoms with E-state index in [2.05, 4.69) is 10.6 Å². The average molecular weight is 521 g/mol. The quantitative estimate of drug-likeness (QED) is 0.408. The first kappa shape index (κ1) is 27.2. The molecule has 36 heavy (non-hydrogen) atoms. The lowest BCUT2D eigenvalue weighted by atomic mass is 9.86. The van der Waals surface area contributed by atoms with Gasteiger partial charge >= 0.3 is 18.0 Å². The number of hydrogen-bond acceptors (Lipinski definition) is 6. The number of benzene rings is 1. The highest BCUT2D eigenvalue weighted by Crippen LogP contribution is 2.24. The molecule has 0 radical (unpaired) electrons. The van der Waals surface area contributed by atoms with Crippen molar-refractivity contribution in [2.75, 3.05) is 13.1 Å². The summed E-state index contributed by atoms with van der Waals surface area (Å²) in [5.41, 5.74) is 2.32. The lowest BCUT2D eigenvalue weighted by Crippen LogP contribution is -2.46. The van der Waals surface area contributed by atoms with Gasteiger partial charge in [-0.25, -0.2) is 22.7 Å². The highest BCUT2D eigenvalue weighted by molar-refractivity contribution is 7.90. The van der Waals surface area contributed by atoms with Crippen molar-refractivity contribution < 1.29 is 32.7 Å². The fraction of sp³-hybridized carbons (Fsp3) is 0.500. The molecule has 0 saturated heterocycles. The highest BCUT2D eigenvalue weighted by atomic mass is 32.2. The third-order valence-corrected chi connectivity index (χ3v) is 7.92. The second kappa shape index (κ2) is 11.5. The second-order valence-corrected chi connectivity index (χ2v) is 10.8. The number of imide groups is 1. The molecule has 1 saturated carbocycles. The van der Waals surface area contributed by atoms with Gasteiger partial charge in [-0.2, -0.15) is 0 Å². The van der Waals surface area contributed by atoms with Crippen molar-refractivity contribution in [2.45, 2.75) is 63.3 Å². The van der Waals surface area contributed by atoms with Gasteiger partial charge in [0.25, 0.3) is 15.9 Å². The summed E-state index contributed by atoms with van der Waals surface area (Å²) in [5, 5.41) is 14.4. The van der Waals surface area contributed by atoms with Crippen LogP contribution in [0.2, 0.25) is 0 Å². The Hall–Kier alpha value is -3.41. The standard InChI is InChI=1S/C24H32N4O7S/c1-3-20-15(2)14-28(21(20)29)24(33)25-13-12-16-4-10-19(11-5-16)36(34,35)27-23(32)26-18-8-6-17(7-9-18)22(30)31/h4-5,10-11,17-18H,3,6-9,12-14H2,1-2H3,(H,25,33)(H,30,31)(H2,26,27,32)/t17-,18-. The van der Waals surface area contributed by atoms with Crippen molar-refractivity contribution in [1.82, 2.24) is 20.3 Å². The molecular formula is C24H32N4O7S. The van der Waals surface area contributed by atoms with Gasteiger partial charge in [0.2, 0.25) is 0 Å². The van der Waals surface area contributed by atoms with Gasteiger partial charge in [0, 0.05) is 18.2 Å². The van der Waals surface area contributed by atoms with Crippen LogP contribution in [0.4, 0.5) is 9.59 Å². The van der Waals surface area contributed by atoms with Crippen LogP contribution < -0.4 is 15.4 Å². The summed E-state index contributed by atoms with van der Waals surface area (Å²) in [7, 11) is -4.09. The number of nitrogens with zero attached hydrogens (tertiary/aromatic N) is 1. The molecule has 11 nitrogen and oxygen atoms in total. The van der Waals surface area contributed by atoms with E-state index in [1.807, 2.05) is 18.6 Å². The molecule has 0 atom stereocenters. The molecule has 196 valence electrons. The number of carbonyl (C=O) groups is 4. The van der Waals surface area contributed by atoms with Crippen LogP contribution in [0.25, 0.3) is 0 Å². The predicted molar refractivity (Wildman–Crippen MR) is 130 cm³/mol. The molecule has 1 aliphatic heterocycles. The van der Waals surface area contributed by atoms with E-state index in [1.165, 1.54) is 17.0 Å². The van der Waals surface area contributed by atoms with Crippen LogP contribution in [0, 0.1) is 5.92 Å². The zero-order valence-electron chi connectivity index (χ0n) is 20.4. The van der Waals surface area contributed by atoms with Gasteiger partial charge in [-0.15, -0.1) is 0 Å². The van der Waals surface area contributed by atoms with Gasteiger partial charge in [-0.3, -0.25) is 14.5 Å². The topological polar surface area (TPSA) is 162 Å². The number of aliphatic carboxylic acids is 1. The zero-order valence-corrected chi connectivity index (χ0v) is 21.2. The summed E-state index contributed by atoms with van der Waals surface area (Å²) in [6.07, 6.45) is 2.80. The molecule has 0 spiro atoms. The van der Waals surface area contributed by atoms with Crippen molar-refractivity contribution >= 4 is 34.0 Å². The summed E-state index contributed by atoms with van der Waals surface area (Å²) < 4.78 is 27.1. The molecule has 5 amide bonds. The van der Waals surface area contributed by atoms with E-state index < -0.39 is 34.0 Å². The minimum Gasteiger partial charge on any atom is -0.481 e. The van der Waals surface area contributed by atoms with Gasteiger partial charge in [0.1, 0.15) is 0 Å². The number of sulfonamides is 1. The van der Waals surface area contributed by atoms with E-state index in [9.17, 15) is 27.6 Å². The molecule has 12 heteroatoms. The Kier molecular flexibility index (Phi) is 8.72. The Morgan fingerprint density at radius 2 is 1.72 bits per heavy atom. The van der Waals surface area contributed by atoms with Crippen molar-refractivity contribution in [1.29, 1.82) is 0 Å². The Labute approximate surface area is 210 Å². The number of carboxylic acids is 1. The van der Waals surface area contributed by atoms with E-state index >= 15 is 0 Å². The first-order valence-corrected chi connectivity index (χ1v) is 13.4. The maximum absolute atomic E-state index is 12.5. The number of hydrogen-bond donors (Lipinski definition) is 4. The zero-order chi connectivity index (χ0) is 26.5. The highest BCUT2D eigenvalue weighted by Gasteiger charge is 2.31. The van der Waals surface area contributed by atoms with Crippen LogP contribution in [0.3, 0.4) is 0 Å². The number of nitrogens with one attached hydrogen (secondary N) is 3. The van der Waals surface area contributed by atoms with Crippen molar-refractivity contribution in [3.05, 3.63) is 41.0 Å². The first-order valence-electron chi connectivity index (χ1n) is 11.9. The third kappa shape index (κ3) is 6.62. The maximum atomic E-state index is 12.5. The molecule has 1 aliphatic carbocycles. The maximum Gasteiger partial charge on any atom is 0.328 e. The predicted octanol–water partition coefficient (Wildman–Crippen LogP) is 2.14. The molecular weight excluding hydrogens is 488 g/mol. The third-order valence-electron chi connectivity index (χ3n) is 6.57. The molecule has 0 unspecified atom stereocenters. The summed E-state index contributed by atoms with van der Waals surface area (Å²) in [5.74, 6) is -1.56. The van der Waals surface area contributed by atoms with Gasteiger partial charge in [-0.1, -0.05) is 19.1 Å². The van der Waals surface area contributed by atoms with Crippen LogP contribution in [0.5, 0.6) is 0 Å². The van der Waals surface area contributed by atoms with E-state index in [-0.39, 0.29) is 29.9 Å². The molecule has 1 aromatic carbocycles. The Bertz CT molecular complexity index is 1150. The lowest BCUT2D eigenvalue weighted by molar-refractivity contribution is -0.142. The van der Waals surface area contributed by atoms with E-state index in [1.54, 1.807) is 12.1 Å². The van der Waals surface area contributed by atoms with Gasteiger partial charge in [0.15, 0.2) is 0 Å². The Balaban J connectivity index is 1.45. The SMILES string of the molecule is CCC1=C(C)CN(C(=O)NCCc2ccc(S(=O)(=O)NC(=O)N[C@H]3CC[C@H](C(=O)O)CC3)cc2)C1=O. The minimum atomic E-state index is -4.09. The lowest BCUT2D eigenvalue weighted by Gasteiger charge is -2.26. The van der Waals surface area contributed by atoms with Gasteiger partial charge in [0.05, 0.1) is 17.4 Å². The normalized spacial score (nSPS) is 20.3. The molecule has 1 aromatic rings. The first-order chi connectivity index (χ1) is 17.0. The fourth-order valence-corrected chi connectivity index (χ4v) is 5.41. The molecule has 1 heterocycles. The molecule has 2 aliphatic rings. The van der Waals surface area contributed by atoms with Crippen molar-refractivity contribution in [2.24, 2.45) is 5.92 Å². The fourth-order valence-electron chi connectivity index (χ4n) is 4.49. The number of rotatable bonds is 8. The van der Waals surface area contributed by atoms with Crippen LogP contribution in [-0.2, 0) is 26.0 Å². The monoisotopic (exact) mass is 520 g/mol. The number of urea groups is 2. The number of carbonyl (C=O) groups excluding carboxylic acids is 3. The van der Waals surface area contributed by atoms with E-state index in [0.29, 0.717) is 44.1 Å². The molecule has 4 N–H and O–H groups in total. The average Bonchev–Trinajstić information content (AvgIpc) is 3.12. The largest absolute Gasteiger partial charge is 0.481 e. The van der Waals surface area contributed by atoms with Crippen LogP contribution in [0.15, 0.2) is 40.3 Å². The van der Waals surface area contributed by atoms with Crippen molar-refractivity contribution in [3.63, 3.8) is 0 Å². The van der Waals surface area contributed by atoms with Crippen LogP contribution in [0.1, 0.15) is 51.5 Å². The van der Waals surface area contributed by atoms with E-state index in [0.717, 1.165) is 11.1 Å². The van der Waals surface area contributed by atoms with Crippen LogP contribution in [-0.4, -0.2) is 61.5 Å². The second-order valence-electron chi connectivity index (χ2n) is 9.10. The van der Waals surface area contributed by atoms with Gasteiger partial charge in [-0.05, 0) is 68.7 Å². The van der Waals surface area contributed by atoms with E-state index in [4.69, 9.17) is 5.11 Å². The minimum absolute atomic E-state index is 0.0867. The molecule has 1 fully saturated rings. The summed E-state index contributed by atoms with van der Waals surface area (Å²) in [4.78, 5) is 48.9. The Morgan fingerprint density at radius 3 is 2.28 bits per heavy atom. The van der Waals surface area contributed by atoms with Crippen LogP contribution >= 0.6 is 0 Å². The summed E-state index contributed by atoms with van der Waals surface area (Å²) >= 11 is 0. The molecule has 0 bridgehead atoms. The summed E-state index contributed by atoms with van der Waals surface area (Å²) in [6, 6.07) is 4.33. The summed E-state index contributed by atoms with van der Waals surface area (Å²) in [6.45, 7) is 4.26. The smallest absolute Gasteiger partial charge is 0.328 e.